The highest BCUT2D eigenvalue weighted by Crippen LogP contribution is 2.32. The highest BCUT2D eigenvalue weighted by molar-refractivity contribution is 7.98. The van der Waals surface area contributed by atoms with Crippen LogP contribution in [0.25, 0.3) is 32.8 Å². The molecule has 8 heteroatoms. The van der Waals surface area contributed by atoms with Crippen LogP contribution in [0.1, 0.15) is 11.4 Å². The van der Waals surface area contributed by atoms with Crippen molar-refractivity contribution in [2.45, 2.75) is 17.8 Å². The van der Waals surface area contributed by atoms with Crippen LogP contribution in [0.15, 0.2) is 74.5 Å². The topological polar surface area (TPSA) is 73.8 Å². The summed E-state index contributed by atoms with van der Waals surface area (Å²) in [6.07, 6.45) is 0. The minimum absolute atomic E-state index is 0.0546. The third-order valence-corrected chi connectivity index (χ3v) is 6.85. The second-order valence-corrected chi connectivity index (χ2v) is 8.93. The summed E-state index contributed by atoms with van der Waals surface area (Å²) in [5.41, 5.74) is 3.94. The fourth-order valence-electron chi connectivity index (χ4n) is 3.27. The van der Waals surface area contributed by atoms with Crippen LogP contribution >= 0.6 is 23.1 Å². The van der Waals surface area contributed by atoms with Crippen molar-refractivity contribution in [3.8, 4) is 22.6 Å². The van der Waals surface area contributed by atoms with Crippen molar-refractivity contribution >= 4 is 33.3 Å². The summed E-state index contributed by atoms with van der Waals surface area (Å²) in [6.45, 7) is 2.03. The van der Waals surface area contributed by atoms with E-state index in [9.17, 15) is 4.79 Å². The lowest BCUT2D eigenvalue weighted by molar-refractivity contribution is 0.425. The molecule has 3 heterocycles. The minimum Gasteiger partial charge on any atom is -0.334 e. The molecule has 31 heavy (non-hydrogen) atoms. The number of hydrogen-bond donors (Lipinski definition) is 0. The minimum atomic E-state index is -0.0546. The van der Waals surface area contributed by atoms with Crippen molar-refractivity contribution in [3.63, 3.8) is 0 Å². The maximum atomic E-state index is 13.1. The second-order valence-electron chi connectivity index (χ2n) is 7.12. The summed E-state index contributed by atoms with van der Waals surface area (Å²) in [6, 6.07) is 17.8. The van der Waals surface area contributed by atoms with E-state index in [0.717, 1.165) is 21.5 Å². The van der Waals surface area contributed by atoms with Gasteiger partial charge >= 0.3 is 0 Å². The first kappa shape index (κ1) is 19.7. The van der Waals surface area contributed by atoms with Gasteiger partial charge in [0.1, 0.15) is 4.83 Å². The molecule has 0 spiro atoms. The van der Waals surface area contributed by atoms with Crippen LogP contribution in [-0.4, -0.2) is 19.7 Å². The summed E-state index contributed by atoms with van der Waals surface area (Å²) >= 11 is 2.90. The number of benzene rings is 2. The van der Waals surface area contributed by atoms with E-state index in [1.807, 2.05) is 66.9 Å². The molecule has 0 N–H and O–H groups in total. The SMILES string of the molecule is Cc1ccc(-c2nc(CSc3nc4scc(-c5ccccc5)c4c(=O)n3C)no2)cc1. The highest BCUT2D eigenvalue weighted by Gasteiger charge is 2.17. The van der Waals surface area contributed by atoms with Crippen LogP contribution in [0, 0.1) is 6.92 Å². The van der Waals surface area contributed by atoms with Crippen LogP contribution in [0.2, 0.25) is 0 Å². The zero-order valence-electron chi connectivity index (χ0n) is 16.9. The molecule has 0 atom stereocenters. The van der Waals surface area contributed by atoms with E-state index in [4.69, 9.17) is 9.51 Å². The lowest BCUT2D eigenvalue weighted by Crippen LogP contribution is -2.19. The van der Waals surface area contributed by atoms with E-state index in [2.05, 4.69) is 10.1 Å². The third kappa shape index (κ3) is 3.80. The van der Waals surface area contributed by atoms with Crippen molar-refractivity contribution in [3.05, 3.63) is 81.7 Å². The predicted octanol–water partition coefficient (Wildman–Crippen LogP) is 5.31. The van der Waals surface area contributed by atoms with Gasteiger partial charge in [0, 0.05) is 23.6 Å². The number of nitrogens with zero attached hydrogens (tertiary/aromatic N) is 4. The molecule has 3 aromatic heterocycles. The molecule has 0 aliphatic rings. The number of hydrogen-bond acceptors (Lipinski definition) is 7. The second kappa shape index (κ2) is 8.13. The molecule has 0 amide bonds. The van der Waals surface area contributed by atoms with Gasteiger partial charge in [0.05, 0.1) is 11.1 Å². The number of thiophene rings is 1. The maximum Gasteiger partial charge on any atom is 0.263 e. The molecule has 0 radical (unpaired) electrons. The Morgan fingerprint density at radius 2 is 1.81 bits per heavy atom. The van der Waals surface area contributed by atoms with Gasteiger partial charge in [0.25, 0.3) is 11.4 Å². The lowest BCUT2D eigenvalue weighted by Gasteiger charge is -2.06. The van der Waals surface area contributed by atoms with Gasteiger partial charge in [0.2, 0.25) is 0 Å². The van der Waals surface area contributed by atoms with E-state index >= 15 is 0 Å². The van der Waals surface area contributed by atoms with Crippen molar-refractivity contribution in [2.75, 3.05) is 0 Å². The molecule has 0 saturated heterocycles. The highest BCUT2D eigenvalue weighted by atomic mass is 32.2. The largest absolute Gasteiger partial charge is 0.334 e. The van der Waals surface area contributed by atoms with Gasteiger partial charge in [-0.25, -0.2) is 4.98 Å². The molecule has 5 rings (SSSR count). The number of rotatable bonds is 5. The number of aromatic nitrogens is 4. The molecule has 0 aliphatic heterocycles. The Labute approximate surface area is 186 Å². The van der Waals surface area contributed by atoms with Crippen LogP contribution in [0.4, 0.5) is 0 Å². The third-order valence-electron chi connectivity index (χ3n) is 4.96. The van der Waals surface area contributed by atoms with Crippen molar-refractivity contribution < 1.29 is 4.52 Å². The van der Waals surface area contributed by atoms with Gasteiger partial charge in [-0.05, 0) is 24.6 Å². The number of thioether (sulfide) groups is 1. The quantitative estimate of drug-likeness (QED) is 0.269. The van der Waals surface area contributed by atoms with Crippen LogP contribution < -0.4 is 5.56 Å². The monoisotopic (exact) mass is 446 g/mol. The van der Waals surface area contributed by atoms with Gasteiger partial charge in [-0.2, -0.15) is 4.98 Å². The predicted molar refractivity (Wildman–Crippen MR) is 124 cm³/mol. The Hall–Kier alpha value is -3.23. The van der Waals surface area contributed by atoms with Crippen LogP contribution in [0.5, 0.6) is 0 Å². The summed E-state index contributed by atoms with van der Waals surface area (Å²) < 4.78 is 6.98. The summed E-state index contributed by atoms with van der Waals surface area (Å²) in [5.74, 6) is 1.50. The Morgan fingerprint density at radius 3 is 2.58 bits per heavy atom. The molecule has 0 bridgehead atoms. The molecule has 154 valence electrons. The van der Waals surface area contributed by atoms with Crippen molar-refractivity contribution in [1.82, 2.24) is 19.7 Å². The smallest absolute Gasteiger partial charge is 0.263 e. The molecule has 0 unspecified atom stereocenters. The molecule has 5 aromatic rings. The number of aryl methyl sites for hydroxylation is 1. The van der Waals surface area contributed by atoms with E-state index in [1.165, 1.54) is 28.7 Å². The van der Waals surface area contributed by atoms with Gasteiger partial charge in [-0.3, -0.25) is 9.36 Å². The van der Waals surface area contributed by atoms with Crippen molar-refractivity contribution in [1.29, 1.82) is 0 Å². The molecule has 0 fully saturated rings. The Balaban J connectivity index is 1.41. The molecular weight excluding hydrogens is 428 g/mol. The molecular formula is C23H18N4O2S2. The summed E-state index contributed by atoms with van der Waals surface area (Å²) in [7, 11) is 1.75. The average molecular weight is 447 g/mol. The first-order valence-corrected chi connectivity index (χ1v) is 11.5. The average Bonchev–Trinajstić information content (AvgIpc) is 3.44. The van der Waals surface area contributed by atoms with Crippen LogP contribution in [0.3, 0.4) is 0 Å². The van der Waals surface area contributed by atoms with Crippen LogP contribution in [-0.2, 0) is 12.8 Å². The molecule has 2 aromatic carbocycles. The standard InChI is InChI=1S/C23H18N4O2S2/c1-14-8-10-16(11-9-14)20-24-18(26-29-20)13-31-23-25-21-19(22(28)27(23)2)17(12-30-21)15-6-4-3-5-7-15/h3-12H,13H2,1-2H3. The molecule has 6 nitrogen and oxygen atoms in total. The Kier molecular flexibility index (Phi) is 5.17. The van der Waals surface area contributed by atoms with E-state index in [0.29, 0.717) is 28.0 Å². The first-order chi connectivity index (χ1) is 15.1. The Morgan fingerprint density at radius 1 is 1.03 bits per heavy atom. The Bertz CT molecular complexity index is 1420. The number of fused-ring (bicyclic) bond motifs is 1. The van der Waals surface area contributed by atoms with E-state index in [1.54, 1.807) is 11.6 Å². The summed E-state index contributed by atoms with van der Waals surface area (Å²) in [5, 5.41) is 7.35. The fourth-order valence-corrected chi connectivity index (χ4v) is 5.07. The maximum absolute atomic E-state index is 13.1. The lowest BCUT2D eigenvalue weighted by atomic mass is 10.1. The zero-order valence-corrected chi connectivity index (χ0v) is 18.5. The van der Waals surface area contributed by atoms with Gasteiger partial charge in [-0.15, -0.1) is 11.3 Å². The first-order valence-electron chi connectivity index (χ1n) is 9.66. The van der Waals surface area contributed by atoms with Gasteiger partial charge < -0.3 is 4.52 Å². The summed E-state index contributed by atoms with van der Waals surface area (Å²) in [4.78, 5) is 23.0. The van der Waals surface area contributed by atoms with E-state index in [-0.39, 0.29) is 5.56 Å². The molecule has 0 aliphatic carbocycles. The van der Waals surface area contributed by atoms with Crippen molar-refractivity contribution in [2.24, 2.45) is 7.05 Å². The van der Waals surface area contributed by atoms with Gasteiger partial charge in [-0.1, -0.05) is 64.9 Å². The van der Waals surface area contributed by atoms with E-state index < -0.39 is 0 Å². The fraction of sp³-hybridized carbons (Fsp3) is 0.130. The molecule has 0 saturated carbocycles. The zero-order chi connectivity index (χ0) is 21.4. The normalized spacial score (nSPS) is 11.3. The van der Waals surface area contributed by atoms with Gasteiger partial charge in [0.15, 0.2) is 11.0 Å².